The molecule has 0 heterocycles. The van der Waals surface area contributed by atoms with Crippen LogP contribution in [0.2, 0.25) is 0 Å². The first-order valence-electron chi connectivity index (χ1n) is 2.00. The first-order valence-corrected chi connectivity index (χ1v) is 2.81. The van der Waals surface area contributed by atoms with Crippen LogP contribution in [0.25, 0.3) is 0 Å². The number of Topliss-reactive ketones (excluding diaryl/α,β-unsaturated/α-hetero) is 1. The van der Waals surface area contributed by atoms with E-state index < -0.39 is 26.1 Å². The van der Waals surface area contributed by atoms with Crippen molar-refractivity contribution in [1.29, 1.82) is 0 Å². The normalized spacial score (nSPS) is 7.56. The van der Waals surface area contributed by atoms with Crippen LogP contribution in [-0.2, 0) is 14.2 Å². The van der Waals surface area contributed by atoms with E-state index in [1.165, 1.54) is 0 Å². The van der Waals surface area contributed by atoms with Crippen molar-refractivity contribution in [1.82, 2.24) is 0 Å². The van der Waals surface area contributed by atoms with E-state index in [0.717, 1.165) is 0 Å². The average molecular weight is 146 g/mol. The van der Waals surface area contributed by atoms with Gasteiger partial charge >= 0.3 is 51.0 Å². The van der Waals surface area contributed by atoms with Gasteiger partial charge in [-0.25, -0.2) is 0 Å². The molecule has 0 atom stereocenters. The number of carboxylic acids is 1. The summed E-state index contributed by atoms with van der Waals surface area (Å²) in [6.45, 7) is 0. The summed E-state index contributed by atoms with van der Waals surface area (Å²) in [5.74, 6) is -2.52. The molecule has 0 saturated carbocycles. The maximum atomic E-state index is 10.1. The summed E-state index contributed by atoms with van der Waals surface area (Å²) >= 11 is 0. The number of hydrogen-bond donors (Lipinski definition) is 1. The molecule has 4 nitrogen and oxygen atoms in total. The summed E-state index contributed by atoms with van der Waals surface area (Å²) < 4.78 is 9.57. The molecule has 0 aromatic rings. The molecule has 0 radical (unpaired) electrons. The summed E-state index contributed by atoms with van der Waals surface area (Å²) in [5.41, 5.74) is 2.02. The third kappa shape index (κ3) is 3.71. The van der Waals surface area contributed by atoms with Crippen molar-refractivity contribution >= 4 is 19.7 Å². The van der Waals surface area contributed by atoms with Crippen LogP contribution in [0.1, 0.15) is 6.42 Å². The molecule has 0 rings (SSSR count). The van der Waals surface area contributed by atoms with Crippen molar-refractivity contribution in [2.75, 3.05) is 0 Å². The Kier molecular flexibility index (Phi) is 3.69. The molecule has 0 aliphatic carbocycles. The number of carboxylic acid groups (broad SMARTS) is 1. The van der Waals surface area contributed by atoms with Crippen molar-refractivity contribution in [3.63, 3.8) is 0 Å². The maximum absolute atomic E-state index is 10.1. The number of carbonyl (C=O) groups is 2. The minimum atomic E-state index is -1.52. The first kappa shape index (κ1) is 8.15. The Morgan fingerprint density at radius 3 is 2.44 bits per heavy atom. The molecule has 0 saturated heterocycles. The second kappa shape index (κ2) is 4.07. The fourth-order valence-electron chi connectivity index (χ4n) is 0.180. The zero-order valence-electron chi connectivity index (χ0n) is 4.33. The van der Waals surface area contributed by atoms with Crippen LogP contribution >= 0.6 is 7.92 Å². The van der Waals surface area contributed by atoms with Crippen LogP contribution < -0.4 is 0 Å². The van der Waals surface area contributed by atoms with E-state index in [9.17, 15) is 14.2 Å². The Bertz CT molecular complexity index is 224. The molecule has 0 aromatic heterocycles. The van der Waals surface area contributed by atoms with Gasteiger partial charge in [0.2, 0.25) is 0 Å². The van der Waals surface area contributed by atoms with Crippen LogP contribution in [0.15, 0.2) is 0 Å². The summed E-state index contributed by atoms with van der Waals surface area (Å²) in [5, 5.41) is 7.91. The standard InChI is InChI=1S/C4H3O4P/c5-3(4(6)7)1-2-9-8/h1H2,(H,6,7). The average Bonchev–Trinajstić information content (AvgIpc) is 1.82. The van der Waals surface area contributed by atoms with Gasteiger partial charge < -0.3 is 0 Å². The number of rotatable bonds is 2. The van der Waals surface area contributed by atoms with E-state index in [1.807, 2.05) is 5.63 Å². The van der Waals surface area contributed by atoms with Crippen molar-refractivity contribution < 1.29 is 19.3 Å². The SMILES string of the molecule is O=P#CCC(=O)C(=O)O. The Labute approximate surface area is 52.0 Å². The van der Waals surface area contributed by atoms with Crippen LogP contribution in [0.5, 0.6) is 0 Å². The quantitative estimate of drug-likeness (QED) is 0.448. The molecule has 0 aliphatic rings. The zero-order chi connectivity index (χ0) is 7.28. The van der Waals surface area contributed by atoms with Gasteiger partial charge in [0, 0.05) is 0 Å². The van der Waals surface area contributed by atoms with Crippen LogP contribution in [0.4, 0.5) is 0 Å². The predicted octanol–water partition coefficient (Wildman–Crippen LogP) is 0.281. The van der Waals surface area contributed by atoms with Crippen LogP contribution in [-0.4, -0.2) is 16.9 Å². The Balaban J connectivity index is 3.88. The van der Waals surface area contributed by atoms with Gasteiger partial charge in [0.25, 0.3) is 0 Å². The van der Waals surface area contributed by atoms with Crippen molar-refractivity contribution in [2.24, 2.45) is 0 Å². The van der Waals surface area contributed by atoms with E-state index in [4.69, 9.17) is 5.11 Å². The number of carbonyl (C=O) groups excluding carboxylic acids is 1. The van der Waals surface area contributed by atoms with Gasteiger partial charge in [0.05, 0.1) is 0 Å². The van der Waals surface area contributed by atoms with Gasteiger partial charge in [-0.2, -0.15) is 0 Å². The van der Waals surface area contributed by atoms with Crippen molar-refractivity contribution in [3.8, 4) is 5.63 Å². The van der Waals surface area contributed by atoms with E-state index >= 15 is 0 Å². The molecule has 0 aromatic carbocycles. The second-order valence-electron chi connectivity index (χ2n) is 1.15. The Morgan fingerprint density at radius 1 is 1.56 bits per heavy atom. The number of ketones is 1. The summed E-state index contributed by atoms with van der Waals surface area (Å²) in [4.78, 5) is 19.8. The summed E-state index contributed by atoms with van der Waals surface area (Å²) in [6, 6.07) is 0. The number of aliphatic carboxylic acids is 1. The molecule has 5 heteroatoms. The molecule has 9 heavy (non-hydrogen) atoms. The molecule has 0 fully saturated rings. The van der Waals surface area contributed by atoms with Crippen LogP contribution in [0, 0.1) is 5.63 Å². The molecule has 1 N–H and O–H groups in total. The molecule has 0 unspecified atom stereocenters. The topological polar surface area (TPSA) is 71.4 Å². The van der Waals surface area contributed by atoms with Crippen molar-refractivity contribution in [2.45, 2.75) is 6.42 Å². The Morgan fingerprint density at radius 2 is 2.11 bits per heavy atom. The van der Waals surface area contributed by atoms with E-state index in [0.29, 0.717) is 0 Å². The fourth-order valence-corrected chi connectivity index (χ4v) is 0.388. The van der Waals surface area contributed by atoms with E-state index in [1.54, 1.807) is 0 Å². The monoisotopic (exact) mass is 146 g/mol. The van der Waals surface area contributed by atoms with Gasteiger partial charge in [0.1, 0.15) is 0 Å². The molecular formula is C4H3O4P. The fraction of sp³-hybridized carbons (Fsp3) is 0.250. The molecule has 48 valence electrons. The molecule has 0 amide bonds. The first-order chi connectivity index (χ1) is 4.18. The molecule has 0 bridgehead atoms. The summed E-state index contributed by atoms with van der Waals surface area (Å²) in [7, 11) is -0.439. The Hall–Kier alpha value is -0.850. The second-order valence-corrected chi connectivity index (χ2v) is 1.65. The van der Waals surface area contributed by atoms with Gasteiger partial charge in [-0.15, -0.1) is 0 Å². The summed E-state index contributed by atoms with van der Waals surface area (Å²) in [6.07, 6.45) is -0.402. The van der Waals surface area contributed by atoms with Gasteiger partial charge in [-0.3, -0.25) is 0 Å². The minimum absolute atomic E-state index is 0.402. The van der Waals surface area contributed by atoms with Crippen LogP contribution in [0.3, 0.4) is 0 Å². The van der Waals surface area contributed by atoms with Gasteiger partial charge in [0.15, 0.2) is 0 Å². The molecule has 0 aliphatic heterocycles. The van der Waals surface area contributed by atoms with Gasteiger partial charge in [-0.1, -0.05) is 0 Å². The zero-order valence-corrected chi connectivity index (χ0v) is 5.22. The van der Waals surface area contributed by atoms with E-state index in [2.05, 4.69) is 0 Å². The van der Waals surface area contributed by atoms with E-state index in [-0.39, 0.29) is 0 Å². The number of hydrogen-bond acceptors (Lipinski definition) is 3. The molecular weight excluding hydrogens is 143 g/mol. The molecule has 0 spiro atoms. The van der Waals surface area contributed by atoms with Crippen molar-refractivity contribution in [3.05, 3.63) is 0 Å². The third-order valence-electron chi connectivity index (χ3n) is 0.543. The van der Waals surface area contributed by atoms with Gasteiger partial charge in [-0.05, 0) is 0 Å². The predicted molar refractivity (Wildman–Crippen MR) is 28.8 cm³/mol. The third-order valence-corrected chi connectivity index (χ3v) is 0.830.